The molecule has 0 atom stereocenters. The largest absolute Gasteiger partial charge is 0.372 e. The van der Waals surface area contributed by atoms with Gasteiger partial charge < -0.3 is 10.2 Å². The van der Waals surface area contributed by atoms with E-state index in [9.17, 15) is 9.18 Å². The van der Waals surface area contributed by atoms with Crippen molar-refractivity contribution in [3.63, 3.8) is 0 Å². The first kappa shape index (κ1) is 15.5. The van der Waals surface area contributed by atoms with E-state index in [-0.39, 0.29) is 11.7 Å². The lowest BCUT2D eigenvalue weighted by Crippen LogP contribution is -2.23. The minimum Gasteiger partial charge on any atom is -0.372 e. The zero-order chi connectivity index (χ0) is 16.1. The summed E-state index contributed by atoms with van der Waals surface area (Å²) >= 11 is 0. The molecule has 4 heteroatoms. The maximum Gasteiger partial charge on any atom is 0.255 e. The molecule has 1 saturated heterocycles. The Balaban J connectivity index is 1.64. The zero-order valence-electron chi connectivity index (χ0n) is 13.1. The Hall–Kier alpha value is -2.36. The van der Waals surface area contributed by atoms with E-state index >= 15 is 0 Å². The normalized spacial score (nSPS) is 15.1. The molecule has 0 radical (unpaired) electrons. The summed E-state index contributed by atoms with van der Waals surface area (Å²) in [7, 11) is 0. The van der Waals surface area contributed by atoms with Crippen LogP contribution in [0, 0.1) is 5.82 Å². The fraction of sp³-hybridized carbons (Fsp3) is 0.316. The molecule has 3 nitrogen and oxygen atoms in total. The van der Waals surface area contributed by atoms with Crippen LogP contribution in [0.4, 0.5) is 15.8 Å². The van der Waals surface area contributed by atoms with E-state index in [4.69, 9.17) is 0 Å². The molecule has 0 bridgehead atoms. The number of nitrogens with one attached hydrogen (secondary N) is 1. The quantitative estimate of drug-likeness (QED) is 0.907. The van der Waals surface area contributed by atoms with E-state index in [1.807, 2.05) is 24.3 Å². The summed E-state index contributed by atoms with van der Waals surface area (Å²) in [5, 5.41) is 2.84. The van der Waals surface area contributed by atoms with Crippen molar-refractivity contribution in [1.29, 1.82) is 0 Å². The van der Waals surface area contributed by atoms with Crippen LogP contribution in [-0.4, -0.2) is 19.0 Å². The summed E-state index contributed by atoms with van der Waals surface area (Å²) in [4.78, 5) is 14.5. The van der Waals surface area contributed by atoms with Crippen LogP contribution < -0.4 is 10.2 Å². The number of nitrogens with zero attached hydrogens (tertiary/aromatic N) is 1. The first-order valence-corrected chi connectivity index (χ1v) is 8.14. The second kappa shape index (κ2) is 7.27. The van der Waals surface area contributed by atoms with Crippen molar-refractivity contribution in [1.82, 2.24) is 0 Å². The number of anilines is 2. The lowest BCUT2D eigenvalue weighted by atomic mass is 10.2. The Labute approximate surface area is 136 Å². The molecule has 120 valence electrons. The molecule has 0 aliphatic carbocycles. The van der Waals surface area contributed by atoms with E-state index < -0.39 is 0 Å². The van der Waals surface area contributed by atoms with Crippen LogP contribution in [0.25, 0.3) is 0 Å². The van der Waals surface area contributed by atoms with E-state index in [2.05, 4.69) is 10.2 Å². The molecule has 1 amide bonds. The van der Waals surface area contributed by atoms with Crippen molar-refractivity contribution in [2.45, 2.75) is 25.7 Å². The lowest BCUT2D eigenvalue weighted by Gasteiger charge is -2.22. The number of carbonyl (C=O) groups is 1. The number of halogens is 1. The summed E-state index contributed by atoms with van der Waals surface area (Å²) < 4.78 is 12.9. The van der Waals surface area contributed by atoms with Crippen molar-refractivity contribution in [3.8, 4) is 0 Å². The second-order valence-electron chi connectivity index (χ2n) is 5.91. The molecule has 0 spiro atoms. The maximum absolute atomic E-state index is 12.9. The van der Waals surface area contributed by atoms with Crippen molar-refractivity contribution >= 4 is 17.3 Å². The first-order valence-electron chi connectivity index (χ1n) is 8.14. The van der Waals surface area contributed by atoms with Gasteiger partial charge in [0, 0.05) is 30.0 Å². The standard InChI is InChI=1S/C19H21FN2O/c20-16-7-5-15(6-8-16)19(23)21-17-9-11-18(12-10-17)22-13-3-1-2-4-14-22/h5-12H,1-4,13-14H2,(H,21,23). The van der Waals surface area contributed by atoms with Crippen LogP contribution in [0.5, 0.6) is 0 Å². The molecule has 0 unspecified atom stereocenters. The molecule has 1 heterocycles. The number of hydrogen-bond donors (Lipinski definition) is 1. The van der Waals surface area contributed by atoms with Crippen LogP contribution in [0.1, 0.15) is 36.0 Å². The van der Waals surface area contributed by atoms with Gasteiger partial charge >= 0.3 is 0 Å². The van der Waals surface area contributed by atoms with Crippen LogP contribution in [0.15, 0.2) is 48.5 Å². The number of amides is 1. The molecule has 1 N–H and O–H groups in total. The van der Waals surface area contributed by atoms with Gasteiger partial charge in [-0.2, -0.15) is 0 Å². The topological polar surface area (TPSA) is 32.3 Å². The SMILES string of the molecule is O=C(Nc1ccc(N2CCCCCC2)cc1)c1ccc(F)cc1. The van der Waals surface area contributed by atoms with Gasteiger partial charge in [0.25, 0.3) is 5.91 Å². The Kier molecular flexibility index (Phi) is 4.91. The Morgan fingerprint density at radius 1 is 0.870 bits per heavy atom. The molecule has 0 aromatic heterocycles. The average Bonchev–Trinajstić information content (AvgIpc) is 2.85. The molecule has 2 aromatic rings. The van der Waals surface area contributed by atoms with Crippen molar-refractivity contribution in [2.75, 3.05) is 23.3 Å². The van der Waals surface area contributed by atoms with Gasteiger partial charge in [-0.15, -0.1) is 0 Å². The van der Waals surface area contributed by atoms with Gasteiger partial charge in [-0.3, -0.25) is 4.79 Å². The highest BCUT2D eigenvalue weighted by Crippen LogP contribution is 2.22. The van der Waals surface area contributed by atoms with Crippen LogP contribution >= 0.6 is 0 Å². The van der Waals surface area contributed by atoms with Crippen molar-refractivity contribution in [2.24, 2.45) is 0 Å². The fourth-order valence-corrected chi connectivity index (χ4v) is 2.89. The van der Waals surface area contributed by atoms with E-state index in [1.165, 1.54) is 55.6 Å². The average molecular weight is 312 g/mol. The maximum atomic E-state index is 12.9. The molecule has 1 aliphatic rings. The Morgan fingerprint density at radius 3 is 2.09 bits per heavy atom. The van der Waals surface area contributed by atoms with Gasteiger partial charge in [0.15, 0.2) is 0 Å². The Morgan fingerprint density at radius 2 is 1.48 bits per heavy atom. The molecule has 1 aliphatic heterocycles. The minimum absolute atomic E-state index is 0.229. The van der Waals surface area contributed by atoms with E-state index in [0.29, 0.717) is 5.56 Å². The lowest BCUT2D eigenvalue weighted by molar-refractivity contribution is 0.102. The predicted octanol–water partition coefficient (Wildman–Crippen LogP) is 4.46. The smallest absolute Gasteiger partial charge is 0.255 e. The first-order chi connectivity index (χ1) is 11.2. The zero-order valence-corrected chi connectivity index (χ0v) is 13.1. The minimum atomic E-state index is -0.344. The highest BCUT2D eigenvalue weighted by molar-refractivity contribution is 6.04. The van der Waals surface area contributed by atoms with Gasteiger partial charge in [0.2, 0.25) is 0 Å². The molecule has 0 saturated carbocycles. The number of carbonyl (C=O) groups excluding carboxylic acids is 1. The third kappa shape index (κ3) is 4.09. The molecule has 23 heavy (non-hydrogen) atoms. The summed E-state index contributed by atoms with van der Waals surface area (Å²) in [5.74, 6) is -0.573. The summed E-state index contributed by atoms with van der Waals surface area (Å²) in [5.41, 5.74) is 2.40. The highest BCUT2D eigenvalue weighted by Gasteiger charge is 2.10. The van der Waals surface area contributed by atoms with Crippen LogP contribution in [0.2, 0.25) is 0 Å². The molecule has 3 rings (SSSR count). The van der Waals surface area contributed by atoms with Gasteiger partial charge in [-0.25, -0.2) is 4.39 Å². The summed E-state index contributed by atoms with van der Waals surface area (Å²) in [6, 6.07) is 13.5. The molecular formula is C19H21FN2O. The second-order valence-corrected chi connectivity index (χ2v) is 5.91. The van der Waals surface area contributed by atoms with E-state index in [0.717, 1.165) is 18.8 Å². The van der Waals surface area contributed by atoms with Gasteiger partial charge in [-0.1, -0.05) is 12.8 Å². The fourth-order valence-electron chi connectivity index (χ4n) is 2.89. The molecule has 2 aromatic carbocycles. The third-order valence-corrected chi connectivity index (χ3v) is 4.20. The van der Waals surface area contributed by atoms with Crippen molar-refractivity contribution < 1.29 is 9.18 Å². The predicted molar refractivity (Wildman–Crippen MR) is 91.5 cm³/mol. The number of rotatable bonds is 3. The highest BCUT2D eigenvalue weighted by atomic mass is 19.1. The summed E-state index contributed by atoms with van der Waals surface area (Å²) in [6.07, 6.45) is 5.09. The number of hydrogen-bond acceptors (Lipinski definition) is 2. The molecule has 1 fully saturated rings. The summed E-state index contributed by atoms with van der Waals surface area (Å²) in [6.45, 7) is 2.20. The van der Waals surface area contributed by atoms with E-state index in [1.54, 1.807) is 0 Å². The van der Waals surface area contributed by atoms with Gasteiger partial charge in [0.05, 0.1) is 0 Å². The number of benzene rings is 2. The van der Waals surface area contributed by atoms with Crippen LogP contribution in [0.3, 0.4) is 0 Å². The Bertz CT molecular complexity index is 644. The monoisotopic (exact) mass is 312 g/mol. The van der Waals surface area contributed by atoms with Crippen molar-refractivity contribution in [3.05, 3.63) is 59.9 Å². The van der Waals surface area contributed by atoms with Crippen LogP contribution in [-0.2, 0) is 0 Å². The third-order valence-electron chi connectivity index (χ3n) is 4.20. The van der Waals surface area contributed by atoms with Gasteiger partial charge in [0.1, 0.15) is 5.82 Å². The molecular weight excluding hydrogens is 291 g/mol. The van der Waals surface area contributed by atoms with Gasteiger partial charge in [-0.05, 0) is 61.4 Å².